The fourth-order valence-corrected chi connectivity index (χ4v) is 2.75. The summed E-state index contributed by atoms with van der Waals surface area (Å²) >= 11 is 3.39. The van der Waals surface area contributed by atoms with Crippen molar-refractivity contribution in [3.8, 4) is 0 Å². The van der Waals surface area contributed by atoms with Gasteiger partial charge in [-0.3, -0.25) is 4.79 Å². The van der Waals surface area contributed by atoms with Gasteiger partial charge in [0.25, 0.3) is 0 Å². The second-order valence-corrected chi connectivity index (χ2v) is 6.60. The van der Waals surface area contributed by atoms with Crippen LogP contribution in [0, 0.1) is 13.8 Å². The lowest BCUT2D eigenvalue weighted by molar-refractivity contribution is -0.120. The second-order valence-electron chi connectivity index (χ2n) is 5.69. The van der Waals surface area contributed by atoms with Gasteiger partial charge in [0.1, 0.15) is 0 Å². The van der Waals surface area contributed by atoms with Gasteiger partial charge in [-0.1, -0.05) is 51.8 Å². The van der Waals surface area contributed by atoms with E-state index in [-0.39, 0.29) is 5.91 Å². The third-order valence-corrected chi connectivity index (χ3v) is 4.25. The fourth-order valence-electron chi connectivity index (χ4n) is 2.48. The fraction of sp³-hybridized carbons (Fsp3) is 0.316. The van der Waals surface area contributed by atoms with Crippen LogP contribution in [0.15, 0.2) is 46.9 Å². The van der Waals surface area contributed by atoms with Gasteiger partial charge in [-0.2, -0.15) is 0 Å². The summed E-state index contributed by atoms with van der Waals surface area (Å²) in [6, 6.07) is 14.4. The third-order valence-electron chi connectivity index (χ3n) is 3.72. The van der Waals surface area contributed by atoms with Crippen LogP contribution < -0.4 is 5.32 Å². The minimum Gasteiger partial charge on any atom is -0.356 e. The highest BCUT2D eigenvalue weighted by atomic mass is 79.9. The van der Waals surface area contributed by atoms with E-state index in [0.717, 1.165) is 29.4 Å². The summed E-state index contributed by atoms with van der Waals surface area (Å²) in [5, 5.41) is 3.00. The molecule has 22 heavy (non-hydrogen) atoms. The zero-order chi connectivity index (χ0) is 15.9. The number of hydrogen-bond acceptors (Lipinski definition) is 1. The van der Waals surface area contributed by atoms with E-state index in [0.29, 0.717) is 6.42 Å². The number of benzene rings is 2. The molecule has 2 aromatic rings. The van der Waals surface area contributed by atoms with E-state index in [1.54, 1.807) is 0 Å². The summed E-state index contributed by atoms with van der Waals surface area (Å²) in [5.74, 6) is 0.0861. The molecule has 0 radical (unpaired) electrons. The minimum atomic E-state index is 0.0861. The van der Waals surface area contributed by atoms with Crippen molar-refractivity contribution >= 4 is 21.8 Å². The Morgan fingerprint density at radius 3 is 2.50 bits per heavy atom. The molecule has 0 unspecified atom stereocenters. The van der Waals surface area contributed by atoms with E-state index >= 15 is 0 Å². The molecule has 0 aliphatic heterocycles. The van der Waals surface area contributed by atoms with Crippen molar-refractivity contribution in [2.24, 2.45) is 0 Å². The maximum atomic E-state index is 11.9. The van der Waals surface area contributed by atoms with Crippen LogP contribution in [-0.2, 0) is 17.6 Å². The average molecular weight is 360 g/mol. The molecule has 116 valence electrons. The van der Waals surface area contributed by atoms with Gasteiger partial charge in [-0.15, -0.1) is 0 Å². The number of halogens is 1. The molecule has 2 nitrogen and oxygen atoms in total. The highest BCUT2D eigenvalue weighted by Gasteiger charge is 2.03. The maximum Gasteiger partial charge on any atom is 0.224 e. The molecule has 1 amide bonds. The molecule has 0 heterocycles. The molecule has 0 atom stereocenters. The van der Waals surface area contributed by atoms with E-state index < -0.39 is 0 Å². The standard InChI is InChI=1S/C19H22BrNO/c1-14-5-8-17(15(2)12-14)4-3-11-21-19(22)13-16-6-9-18(20)10-7-16/h5-10,12H,3-4,11,13H2,1-2H3,(H,21,22). The number of nitrogens with one attached hydrogen (secondary N) is 1. The van der Waals surface area contributed by atoms with E-state index in [9.17, 15) is 4.79 Å². The Hall–Kier alpha value is -1.61. The first-order valence-electron chi connectivity index (χ1n) is 7.62. The van der Waals surface area contributed by atoms with Crippen molar-refractivity contribution in [1.29, 1.82) is 0 Å². The normalized spacial score (nSPS) is 10.5. The molecule has 0 saturated carbocycles. The van der Waals surface area contributed by atoms with Gasteiger partial charge in [-0.05, 0) is 55.5 Å². The van der Waals surface area contributed by atoms with Crippen LogP contribution in [0.2, 0.25) is 0 Å². The number of rotatable bonds is 6. The Kier molecular flexibility index (Phi) is 6.20. The molecular weight excluding hydrogens is 338 g/mol. The van der Waals surface area contributed by atoms with Crippen LogP contribution in [0.1, 0.15) is 28.7 Å². The van der Waals surface area contributed by atoms with Crippen molar-refractivity contribution in [1.82, 2.24) is 5.32 Å². The number of hydrogen-bond donors (Lipinski definition) is 1. The summed E-state index contributed by atoms with van der Waals surface area (Å²) in [5.41, 5.74) is 5.04. The molecular formula is C19H22BrNO. The topological polar surface area (TPSA) is 29.1 Å². The molecule has 2 rings (SSSR count). The SMILES string of the molecule is Cc1ccc(CCCNC(=O)Cc2ccc(Br)cc2)c(C)c1. The molecule has 0 bridgehead atoms. The van der Waals surface area contributed by atoms with Crippen LogP contribution >= 0.6 is 15.9 Å². The number of carbonyl (C=O) groups is 1. The van der Waals surface area contributed by atoms with Crippen molar-refractivity contribution < 1.29 is 4.79 Å². The summed E-state index contributed by atoms with van der Waals surface area (Å²) in [4.78, 5) is 11.9. The Morgan fingerprint density at radius 1 is 1.09 bits per heavy atom. The molecule has 0 aliphatic carbocycles. The Morgan fingerprint density at radius 2 is 1.82 bits per heavy atom. The Labute approximate surface area is 141 Å². The van der Waals surface area contributed by atoms with Crippen molar-refractivity contribution in [2.45, 2.75) is 33.1 Å². The first kappa shape index (κ1) is 16.8. The summed E-state index contributed by atoms with van der Waals surface area (Å²) < 4.78 is 1.03. The summed E-state index contributed by atoms with van der Waals surface area (Å²) in [6.07, 6.45) is 2.41. The summed E-state index contributed by atoms with van der Waals surface area (Å²) in [7, 11) is 0. The molecule has 3 heteroatoms. The largest absolute Gasteiger partial charge is 0.356 e. The van der Waals surface area contributed by atoms with Gasteiger partial charge in [0.05, 0.1) is 6.42 Å². The van der Waals surface area contributed by atoms with Gasteiger partial charge in [0.2, 0.25) is 5.91 Å². The lowest BCUT2D eigenvalue weighted by Gasteiger charge is -2.08. The quantitative estimate of drug-likeness (QED) is 0.762. The van der Waals surface area contributed by atoms with Gasteiger partial charge in [0.15, 0.2) is 0 Å². The van der Waals surface area contributed by atoms with Gasteiger partial charge >= 0.3 is 0 Å². The van der Waals surface area contributed by atoms with E-state index in [1.807, 2.05) is 24.3 Å². The third kappa shape index (κ3) is 5.30. The van der Waals surface area contributed by atoms with Crippen molar-refractivity contribution in [3.63, 3.8) is 0 Å². The first-order chi connectivity index (χ1) is 10.5. The molecule has 2 aromatic carbocycles. The van der Waals surface area contributed by atoms with Gasteiger partial charge < -0.3 is 5.32 Å². The maximum absolute atomic E-state index is 11.9. The van der Waals surface area contributed by atoms with E-state index in [1.165, 1.54) is 16.7 Å². The predicted molar refractivity (Wildman–Crippen MR) is 95.1 cm³/mol. The lowest BCUT2D eigenvalue weighted by Crippen LogP contribution is -2.26. The van der Waals surface area contributed by atoms with Crippen LogP contribution in [0.4, 0.5) is 0 Å². The van der Waals surface area contributed by atoms with Crippen LogP contribution in [0.3, 0.4) is 0 Å². The Bertz CT molecular complexity index is 634. The monoisotopic (exact) mass is 359 g/mol. The van der Waals surface area contributed by atoms with Crippen LogP contribution in [0.25, 0.3) is 0 Å². The van der Waals surface area contributed by atoms with Crippen molar-refractivity contribution in [3.05, 3.63) is 69.2 Å². The highest BCUT2D eigenvalue weighted by Crippen LogP contribution is 2.12. The van der Waals surface area contributed by atoms with Crippen LogP contribution in [-0.4, -0.2) is 12.5 Å². The highest BCUT2D eigenvalue weighted by molar-refractivity contribution is 9.10. The smallest absolute Gasteiger partial charge is 0.224 e. The second kappa shape index (κ2) is 8.14. The summed E-state index contributed by atoms with van der Waals surface area (Å²) in [6.45, 7) is 4.98. The number of aryl methyl sites for hydroxylation is 3. The van der Waals surface area contributed by atoms with Crippen molar-refractivity contribution in [2.75, 3.05) is 6.54 Å². The zero-order valence-electron chi connectivity index (χ0n) is 13.2. The van der Waals surface area contributed by atoms with E-state index in [2.05, 4.69) is 53.3 Å². The number of carbonyl (C=O) groups excluding carboxylic acids is 1. The molecule has 0 spiro atoms. The first-order valence-corrected chi connectivity index (χ1v) is 8.41. The zero-order valence-corrected chi connectivity index (χ0v) is 14.7. The molecule has 1 N–H and O–H groups in total. The molecule has 0 aromatic heterocycles. The predicted octanol–water partition coefficient (Wildman–Crippen LogP) is 4.36. The van der Waals surface area contributed by atoms with E-state index in [4.69, 9.17) is 0 Å². The number of amides is 1. The van der Waals surface area contributed by atoms with Crippen LogP contribution in [0.5, 0.6) is 0 Å². The minimum absolute atomic E-state index is 0.0861. The van der Waals surface area contributed by atoms with Gasteiger partial charge in [0, 0.05) is 11.0 Å². The molecule has 0 saturated heterocycles. The molecule has 0 aliphatic rings. The Balaban J connectivity index is 1.72. The lowest BCUT2D eigenvalue weighted by atomic mass is 10.0. The van der Waals surface area contributed by atoms with Gasteiger partial charge in [-0.25, -0.2) is 0 Å². The average Bonchev–Trinajstić information content (AvgIpc) is 2.48. The molecule has 0 fully saturated rings.